The average molecular weight is 441 g/mol. The van der Waals surface area contributed by atoms with E-state index in [1.807, 2.05) is 13.0 Å². The van der Waals surface area contributed by atoms with Gasteiger partial charge in [-0.2, -0.15) is 0 Å². The maximum absolute atomic E-state index is 12.6. The number of allylic oxidation sites excluding steroid dienone is 2. The zero-order chi connectivity index (χ0) is 23.8. The van der Waals surface area contributed by atoms with Crippen LogP contribution in [0.4, 0.5) is 0 Å². The van der Waals surface area contributed by atoms with Crippen molar-refractivity contribution in [3.8, 4) is 0 Å². The van der Waals surface area contributed by atoms with Gasteiger partial charge in [0.2, 0.25) is 11.9 Å². The molecule has 8 nitrogen and oxygen atoms in total. The fraction of sp³-hybridized carbons (Fsp3) is 0.696. The first kappa shape index (κ1) is 26.7. The molecule has 4 N–H and O–H groups in total. The van der Waals surface area contributed by atoms with E-state index in [2.05, 4.69) is 25.5 Å². The minimum Gasteiger partial charge on any atom is -0.504 e. The highest BCUT2D eigenvalue weighted by atomic mass is 16.6. The Morgan fingerprint density at radius 2 is 1.68 bits per heavy atom. The summed E-state index contributed by atoms with van der Waals surface area (Å²) in [6.45, 7) is 8.65. The summed E-state index contributed by atoms with van der Waals surface area (Å²) in [6, 6.07) is 0. The molecule has 31 heavy (non-hydrogen) atoms. The maximum Gasteiger partial charge on any atom is 0.378 e. The number of aliphatic hydroxyl groups is 3. The second kappa shape index (κ2) is 11.9. The topological polar surface area (TPSA) is 141 Å². The van der Waals surface area contributed by atoms with E-state index < -0.39 is 40.9 Å². The number of aliphatic carboxylic acids is 1. The van der Waals surface area contributed by atoms with Crippen LogP contribution in [0.15, 0.2) is 23.2 Å². The molecule has 0 fully saturated rings. The molecule has 1 aliphatic heterocycles. The Morgan fingerprint density at radius 1 is 1.06 bits per heavy atom. The van der Waals surface area contributed by atoms with Crippen molar-refractivity contribution < 1.29 is 39.5 Å². The summed E-state index contributed by atoms with van der Waals surface area (Å²) in [4.78, 5) is 35.3. The van der Waals surface area contributed by atoms with E-state index in [1.165, 1.54) is 19.3 Å². The first-order chi connectivity index (χ1) is 14.4. The van der Waals surface area contributed by atoms with E-state index >= 15 is 0 Å². The molecule has 0 aromatic rings. The monoisotopic (exact) mass is 440 g/mol. The molecule has 8 heteroatoms. The summed E-state index contributed by atoms with van der Waals surface area (Å²) in [6.07, 6.45) is 5.94. The zero-order valence-electron chi connectivity index (χ0n) is 18.9. The molecule has 1 aliphatic rings. The van der Waals surface area contributed by atoms with Crippen LogP contribution in [0.2, 0.25) is 0 Å². The molecule has 0 amide bonds. The summed E-state index contributed by atoms with van der Waals surface area (Å²) >= 11 is 0. The van der Waals surface area contributed by atoms with Gasteiger partial charge in [0.25, 0.3) is 5.60 Å². The number of aliphatic hydroxyl groups excluding tert-OH is 3. The number of carboxylic acid groups (broad SMARTS) is 1. The first-order valence-electron chi connectivity index (χ1n) is 10.9. The number of hydrogen-bond donors (Lipinski definition) is 4. The fourth-order valence-electron chi connectivity index (χ4n) is 3.70. The number of ether oxygens (including phenoxy) is 1. The van der Waals surface area contributed by atoms with E-state index in [0.717, 1.165) is 30.8 Å². The first-order valence-corrected chi connectivity index (χ1v) is 10.9. The van der Waals surface area contributed by atoms with E-state index in [0.29, 0.717) is 5.92 Å². The summed E-state index contributed by atoms with van der Waals surface area (Å²) in [5, 5.41) is 38.4. The molecule has 0 saturated heterocycles. The van der Waals surface area contributed by atoms with Gasteiger partial charge in [-0.1, -0.05) is 58.1 Å². The lowest BCUT2D eigenvalue weighted by Crippen LogP contribution is -2.55. The van der Waals surface area contributed by atoms with Crippen LogP contribution in [0.5, 0.6) is 0 Å². The Balaban J connectivity index is 2.59. The van der Waals surface area contributed by atoms with Crippen molar-refractivity contribution in [2.75, 3.05) is 0 Å². The minimum absolute atomic E-state index is 0.217. The predicted octanol–water partition coefficient (Wildman–Crippen LogP) is 3.98. The Morgan fingerprint density at radius 3 is 2.19 bits per heavy atom. The lowest BCUT2D eigenvalue weighted by molar-refractivity contribution is -0.180. The molecule has 0 aromatic carbocycles. The summed E-state index contributed by atoms with van der Waals surface area (Å²) in [5.74, 6) is -5.49. The largest absolute Gasteiger partial charge is 0.504 e. The van der Waals surface area contributed by atoms with Crippen molar-refractivity contribution in [2.24, 2.45) is 11.8 Å². The van der Waals surface area contributed by atoms with Gasteiger partial charge in [0.1, 0.15) is 0 Å². The quantitative estimate of drug-likeness (QED) is 0.235. The van der Waals surface area contributed by atoms with Crippen LogP contribution in [-0.4, -0.2) is 49.9 Å². The molecule has 176 valence electrons. The number of carbonyl (C=O) groups is 3. The number of hydrogen-bond acceptors (Lipinski definition) is 7. The fourth-order valence-corrected chi connectivity index (χ4v) is 3.70. The Labute approximate surface area is 183 Å². The molecular formula is C23H36O8. The maximum atomic E-state index is 12.6. The standard InChI is InChI=1S/C23H36O8/c1-14(2)8-5-9-15(3)10-6-11-16(4)12-7-13-17(24)23(20(27)21(28)29)19(26)18(25)22(30)31-23/h12,14-15,20,25-27H,5-11,13H2,1-4H3,(H,28,29)/t15?,20-,23-/m0/s1. The van der Waals surface area contributed by atoms with Crippen LogP contribution < -0.4 is 0 Å². The van der Waals surface area contributed by atoms with Crippen molar-refractivity contribution in [3.63, 3.8) is 0 Å². The minimum atomic E-state index is -2.82. The summed E-state index contributed by atoms with van der Waals surface area (Å²) in [5.41, 5.74) is -1.75. The number of carboxylic acids is 1. The van der Waals surface area contributed by atoms with Crippen LogP contribution >= 0.6 is 0 Å². The normalized spacial score (nSPS) is 21.4. The third-order valence-electron chi connectivity index (χ3n) is 5.67. The van der Waals surface area contributed by atoms with Gasteiger partial charge >= 0.3 is 11.9 Å². The van der Waals surface area contributed by atoms with Crippen LogP contribution in [0.3, 0.4) is 0 Å². The van der Waals surface area contributed by atoms with E-state index in [1.54, 1.807) is 0 Å². The van der Waals surface area contributed by atoms with Gasteiger partial charge in [-0.05, 0) is 38.0 Å². The Kier molecular flexibility index (Phi) is 10.2. The van der Waals surface area contributed by atoms with Gasteiger partial charge in [0, 0.05) is 6.42 Å². The third-order valence-corrected chi connectivity index (χ3v) is 5.67. The van der Waals surface area contributed by atoms with Crippen LogP contribution in [-0.2, 0) is 19.1 Å². The molecule has 0 bridgehead atoms. The van der Waals surface area contributed by atoms with Crippen molar-refractivity contribution >= 4 is 17.7 Å². The van der Waals surface area contributed by atoms with E-state index in [-0.39, 0.29) is 12.8 Å². The Hall–Kier alpha value is -2.35. The summed E-state index contributed by atoms with van der Waals surface area (Å²) in [7, 11) is 0. The highest BCUT2D eigenvalue weighted by Crippen LogP contribution is 2.36. The van der Waals surface area contributed by atoms with Crippen molar-refractivity contribution in [3.05, 3.63) is 23.2 Å². The average Bonchev–Trinajstić information content (AvgIpc) is 2.91. The molecule has 1 heterocycles. The van der Waals surface area contributed by atoms with Gasteiger partial charge in [0.05, 0.1) is 0 Å². The predicted molar refractivity (Wildman–Crippen MR) is 114 cm³/mol. The van der Waals surface area contributed by atoms with Gasteiger partial charge < -0.3 is 25.2 Å². The Bertz CT molecular complexity index is 721. The second-order valence-corrected chi connectivity index (χ2v) is 8.90. The number of cyclic esters (lactones) is 1. The highest BCUT2D eigenvalue weighted by molar-refractivity contribution is 6.04. The van der Waals surface area contributed by atoms with Gasteiger partial charge in [-0.15, -0.1) is 0 Å². The molecule has 0 spiro atoms. The third kappa shape index (κ3) is 7.09. The SMILES string of the molecule is CC(=CCCC(=O)[C@]1([C@@H](O)C(=O)O)OC(=O)C(O)=C1O)CCCC(C)CCCC(C)C. The number of carbonyl (C=O) groups excluding carboxylic acids is 2. The lowest BCUT2D eigenvalue weighted by atomic mass is 9.87. The number of Topliss-reactive ketones (excluding diaryl/α,β-unsaturated/α-hetero) is 1. The van der Waals surface area contributed by atoms with Gasteiger partial charge in [-0.3, -0.25) is 4.79 Å². The smallest absolute Gasteiger partial charge is 0.378 e. The molecular weight excluding hydrogens is 404 g/mol. The molecule has 0 aromatic heterocycles. The van der Waals surface area contributed by atoms with Crippen LogP contribution in [0, 0.1) is 11.8 Å². The van der Waals surface area contributed by atoms with Crippen LogP contribution in [0.1, 0.15) is 79.1 Å². The molecule has 1 rings (SSSR count). The van der Waals surface area contributed by atoms with E-state index in [9.17, 15) is 29.7 Å². The molecule has 0 aliphatic carbocycles. The molecule has 0 radical (unpaired) electrons. The van der Waals surface area contributed by atoms with Crippen molar-refractivity contribution in [1.82, 2.24) is 0 Å². The number of esters is 1. The van der Waals surface area contributed by atoms with Crippen molar-refractivity contribution in [2.45, 2.75) is 90.8 Å². The molecule has 3 atom stereocenters. The zero-order valence-corrected chi connectivity index (χ0v) is 18.9. The van der Waals surface area contributed by atoms with Crippen LogP contribution in [0.25, 0.3) is 0 Å². The molecule has 0 saturated carbocycles. The number of ketones is 1. The van der Waals surface area contributed by atoms with Gasteiger partial charge in [-0.25, -0.2) is 9.59 Å². The lowest BCUT2D eigenvalue weighted by Gasteiger charge is -2.28. The summed E-state index contributed by atoms with van der Waals surface area (Å²) < 4.78 is 4.64. The van der Waals surface area contributed by atoms with Gasteiger partial charge in [0.15, 0.2) is 11.5 Å². The highest BCUT2D eigenvalue weighted by Gasteiger charge is 2.61. The molecule has 1 unspecified atom stereocenters. The van der Waals surface area contributed by atoms with E-state index in [4.69, 9.17) is 5.11 Å². The number of rotatable bonds is 14. The van der Waals surface area contributed by atoms with Crippen molar-refractivity contribution in [1.29, 1.82) is 0 Å². The second-order valence-electron chi connectivity index (χ2n) is 8.90.